The molecule has 1 heterocycles. The molecule has 0 atom stereocenters. The van der Waals surface area contributed by atoms with E-state index in [1.807, 2.05) is 12.1 Å². The second-order valence-corrected chi connectivity index (χ2v) is 4.59. The van der Waals surface area contributed by atoms with Crippen molar-refractivity contribution in [1.29, 1.82) is 0 Å². The number of hydrogen-bond acceptors (Lipinski definition) is 0. The minimum Gasteiger partial charge on any atom is -0.360 e. The van der Waals surface area contributed by atoms with E-state index in [0.717, 1.165) is 9.99 Å². The number of benzene rings is 2. The van der Waals surface area contributed by atoms with Gasteiger partial charge in [-0.15, -0.1) is 0 Å². The van der Waals surface area contributed by atoms with E-state index < -0.39 is 0 Å². The third kappa shape index (κ3) is 1.46. The van der Waals surface area contributed by atoms with Crippen molar-refractivity contribution in [3.05, 3.63) is 59.2 Å². The lowest BCUT2D eigenvalue weighted by Gasteiger charge is -1.99. The molecule has 0 bridgehead atoms. The summed E-state index contributed by atoms with van der Waals surface area (Å²) in [6.07, 6.45) is 2.06. The van der Waals surface area contributed by atoms with Crippen LogP contribution >= 0.6 is 15.9 Å². The number of aromatic nitrogens is 1. The summed E-state index contributed by atoms with van der Waals surface area (Å²) in [7, 11) is 0. The first-order valence-corrected chi connectivity index (χ1v) is 5.96. The van der Waals surface area contributed by atoms with Gasteiger partial charge in [0.15, 0.2) is 0 Å². The molecular weight excluding hydrogens is 262 g/mol. The van der Waals surface area contributed by atoms with Crippen LogP contribution in [-0.4, -0.2) is 4.98 Å². The zero-order valence-electron chi connectivity index (χ0n) is 8.57. The first kappa shape index (κ1) is 9.67. The molecule has 78 valence electrons. The SMILES string of the molecule is Brc1cccc2c(-c3ccccc3)c[nH]c12. The Morgan fingerprint density at radius 2 is 1.69 bits per heavy atom. The quantitative estimate of drug-likeness (QED) is 0.666. The highest BCUT2D eigenvalue weighted by Crippen LogP contribution is 2.31. The van der Waals surface area contributed by atoms with E-state index in [1.54, 1.807) is 0 Å². The summed E-state index contributed by atoms with van der Waals surface area (Å²) in [4.78, 5) is 3.31. The second-order valence-electron chi connectivity index (χ2n) is 3.73. The highest BCUT2D eigenvalue weighted by molar-refractivity contribution is 9.10. The molecule has 2 aromatic carbocycles. The number of para-hydroxylation sites is 1. The van der Waals surface area contributed by atoms with Crippen LogP contribution in [0.4, 0.5) is 0 Å². The summed E-state index contributed by atoms with van der Waals surface area (Å²) in [6, 6.07) is 16.7. The molecule has 0 aliphatic carbocycles. The molecule has 0 fully saturated rings. The highest BCUT2D eigenvalue weighted by atomic mass is 79.9. The van der Waals surface area contributed by atoms with Crippen molar-refractivity contribution in [2.45, 2.75) is 0 Å². The van der Waals surface area contributed by atoms with Crippen LogP contribution in [0.3, 0.4) is 0 Å². The van der Waals surface area contributed by atoms with Gasteiger partial charge in [0, 0.05) is 21.6 Å². The van der Waals surface area contributed by atoms with Crippen molar-refractivity contribution < 1.29 is 0 Å². The molecule has 0 saturated carbocycles. The number of aromatic amines is 1. The first-order chi connectivity index (χ1) is 7.86. The molecule has 3 rings (SSSR count). The summed E-state index contributed by atoms with van der Waals surface area (Å²) in [5.41, 5.74) is 3.64. The molecule has 16 heavy (non-hydrogen) atoms. The number of rotatable bonds is 1. The Morgan fingerprint density at radius 1 is 0.875 bits per heavy atom. The van der Waals surface area contributed by atoms with E-state index in [4.69, 9.17) is 0 Å². The maximum Gasteiger partial charge on any atom is 0.0604 e. The molecular formula is C14H10BrN. The normalized spacial score (nSPS) is 10.8. The Bertz CT molecular complexity index is 626. The molecule has 1 N–H and O–H groups in total. The predicted octanol–water partition coefficient (Wildman–Crippen LogP) is 4.60. The van der Waals surface area contributed by atoms with Gasteiger partial charge in [0.25, 0.3) is 0 Å². The molecule has 0 spiro atoms. The fourth-order valence-corrected chi connectivity index (χ4v) is 2.45. The summed E-state index contributed by atoms with van der Waals surface area (Å²) in [6.45, 7) is 0. The lowest BCUT2D eigenvalue weighted by molar-refractivity contribution is 1.46. The van der Waals surface area contributed by atoms with Crippen LogP contribution in [0.25, 0.3) is 22.0 Å². The van der Waals surface area contributed by atoms with E-state index in [0.29, 0.717) is 0 Å². The smallest absolute Gasteiger partial charge is 0.0604 e. The molecule has 0 aliphatic rings. The van der Waals surface area contributed by atoms with Crippen molar-refractivity contribution in [2.24, 2.45) is 0 Å². The van der Waals surface area contributed by atoms with Crippen LogP contribution in [0.1, 0.15) is 0 Å². The van der Waals surface area contributed by atoms with Crippen LogP contribution in [-0.2, 0) is 0 Å². The Balaban J connectivity index is 2.30. The van der Waals surface area contributed by atoms with E-state index in [9.17, 15) is 0 Å². The van der Waals surface area contributed by atoms with Gasteiger partial charge < -0.3 is 4.98 Å². The third-order valence-corrected chi connectivity index (χ3v) is 3.41. The zero-order chi connectivity index (χ0) is 11.0. The van der Waals surface area contributed by atoms with Crippen LogP contribution in [0.5, 0.6) is 0 Å². The summed E-state index contributed by atoms with van der Waals surface area (Å²) >= 11 is 3.55. The molecule has 0 aliphatic heterocycles. The number of nitrogens with one attached hydrogen (secondary N) is 1. The summed E-state index contributed by atoms with van der Waals surface area (Å²) in [5, 5.41) is 1.25. The van der Waals surface area contributed by atoms with E-state index in [2.05, 4.69) is 63.5 Å². The average Bonchev–Trinajstić information content (AvgIpc) is 2.75. The molecule has 0 radical (unpaired) electrons. The van der Waals surface area contributed by atoms with Crippen molar-refractivity contribution in [2.75, 3.05) is 0 Å². The maximum absolute atomic E-state index is 3.55. The van der Waals surface area contributed by atoms with Crippen LogP contribution in [0.2, 0.25) is 0 Å². The molecule has 0 unspecified atom stereocenters. The molecule has 0 amide bonds. The topological polar surface area (TPSA) is 15.8 Å². The molecule has 2 heteroatoms. The number of halogens is 1. The van der Waals surface area contributed by atoms with Crippen LogP contribution in [0.15, 0.2) is 59.2 Å². The van der Waals surface area contributed by atoms with Gasteiger partial charge in [-0.1, -0.05) is 42.5 Å². The van der Waals surface area contributed by atoms with Gasteiger partial charge >= 0.3 is 0 Å². The summed E-state index contributed by atoms with van der Waals surface area (Å²) in [5.74, 6) is 0. The highest BCUT2D eigenvalue weighted by Gasteiger charge is 2.06. The van der Waals surface area contributed by atoms with Crippen LogP contribution < -0.4 is 0 Å². The van der Waals surface area contributed by atoms with Crippen molar-refractivity contribution in [3.8, 4) is 11.1 Å². The van der Waals surface area contributed by atoms with Gasteiger partial charge in [-0.25, -0.2) is 0 Å². The maximum atomic E-state index is 3.55. The van der Waals surface area contributed by atoms with Gasteiger partial charge in [-0.3, -0.25) is 0 Å². The minimum absolute atomic E-state index is 1.10. The predicted molar refractivity (Wildman–Crippen MR) is 71.4 cm³/mol. The monoisotopic (exact) mass is 271 g/mol. The first-order valence-electron chi connectivity index (χ1n) is 5.17. The Hall–Kier alpha value is -1.54. The van der Waals surface area contributed by atoms with Gasteiger partial charge in [-0.05, 0) is 27.6 Å². The average molecular weight is 272 g/mol. The number of hydrogen-bond donors (Lipinski definition) is 1. The molecule has 1 nitrogen and oxygen atoms in total. The third-order valence-electron chi connectivity index (χ3n) is 2.75. The molecule has 0 saturated heterocycles. The van der Waals surface area contributed by atoms with Crippen molar-refractivity contribution in [3.63, 3.8) is 0 Å². The Labute approximate surface area is 102 Å². The number of H-pyrrole nitrogens is 1. The number of fused-ring (bicyclic) bond motifs is 1. The van der Waals surface area contributed by atoms with Gasteiger partial charge in [0.1, 0.15) is 0 Å². The van der Waals surface area contributed by atoms with Crippen molar-refractivity contribution >= 4 is 26.8 Å². The molecule has 1 aromatic heterocycles. The van der Waals surface area contributed by atoms with Gasteiger partial charge in [0.2, 0.25) is 0 Å². The van der Waals surface area contributed by atoms with E-state index in [-0.39, 0.29) is 0 Å². The second kappa shape index (κ2) is 3.80. The largest absolute Gasteiger partial charge is 0.360 e. The Kier molecular flexibility index (Phi) is 2.29. The minimum atomic E-state index is 1.10. The lowest BCUT2D eigenvalue weighted by Crippen LogP contribution is -1.74. The fourth-order valence-electron chi connectivity index (χ4n) is 1.97. The standard InChI is InChI=1S/C14H10BrN/c15-13-8-4-7-11-12(9-16-14(11)13)10-5-2-1-3-6-10/h1-9,16H. The summed E-state index contributed by atoms with van der Waals surface area (Å²) < 4.78 is 1.10. The van der Waals surface area contributed by atoms with Crippen molar-refractivity contribution in [1.82, 2.24) is 4.98 Å². The fraction of sp³-hybridized carbons (Fsp3) is 0. The van der Waals surface area contributed by atoms with E-state index >= 15 is 0 Å². The van der Waals surface area contributed by atoms with E-state index in [1.165, 1.54) is 16.5 Å². The Morgan fingerprint density at radius 3 is 2.50 bits per heavy atom. The van der Waals surface area contributed by atoms with Gasteiger partial charge in [0.05, 0.1) is 5.52 Å². The van der Waals surface area contributed by atoms with Gasteiger partial charge in [-0.2, -0.15) is 0 Å². The molecule has 3 aromatic rings. The lowest BCUT2D eigenvalue weighted by atomic mass is 10.1. The zero-order valence-corrected chi connectivity index (χ0v) is 10.2. The van der Waals surface area contributed by atoms with Crippen LogP contribution in [0, 0.1) is 0 Å².